The van der Waals surface area contributed by atoms with E-state index in [1.54, 1.807) is 11.5 Å². The predicted molar refractivity (Wildman–Crippen MR) is 72.3 cm³/mol. The number of hydrogen-bond donors (Lipinski definition) is 3. The van der Waals surface area contributed by atoms with Crippen molar-refractivity contribution in [3.8, 4) is 0 Å². The van der Waals surface area contributed by atoms with Crippen LogP contribution in [-0.4, -0.2) is 61.8 Å². The van der Waals surface area contributed by atoms with Crippen molar-refractivity contribution in [2.75, 3.05) is 19.5 Å². The number of anilines is 1. The fourth-order valence-corrected chi connectivity index (χ4v) is 2.53. The monoisotopic (exact) mass is 295 g/mol. The van der Waals surface area contributed by atoms with Gasteiger partial charge in [0, 0.05) is 7.11 Å². The average molecular weight is 295 g/mol. The summed E-state index contributed by atoms with van der Waals surface area (Å²) in [7, 11) is 1.50. The van der Waals surface area contributed by atoms with Crippen molar-refractivity contribution in [2.24, 2.45) is 0 Å². The van der Waals surface area contributed by atoms with Gasteiger partial charge >= 0.3 is 0 Å². The van der Waals surface area contributed by atoms with Crippen LogP contribution in [0.15, 0.2) is 6.33 Å². The van der Waals surface area contributed by atoms with Crippen LogP contribution in [-0.2, 0) is 9.47 Å². The minimum atomic E-state index is -1.11. The number of nitrogens with two attached hydrogens (primary N) is 1. The highest BCUT2D eigenvalue weighted by Crippen LogP contribution is 2.31. The van der Waals surface area contributed by atoms with Gasteiger partial charge in [0.15, 0.2) is 11.9 Å². The third-order valence-corrected chi connectivity index (χ3v) is 3.56. The Morgan fingerprint density at radius 3 is 2.86 bits per heavy atom. The first-order chi connectivity index (χ1) is 10.0. The molecule has 0 amide bonds. The maximum atomic E-state index is 10.2. The largest absolute Gasteiger partial charge is 0.387 e. The van der Waals surface area contributed by atoms with Crippen molar-refractivity contribution in [3.63, 3.8) is 0 Å². The third-order valence-electron chi connectivity index (χ3n) is 3.56. The molecule has 0 saturated carbocycles. The van der Waals surface area contributed by atoms with E-state index in [0.29, 0.717) is 16.9 Å². The van der Waals surface area contributed by atoms with Gasteiger partial charge in [-0.3, -0.25) is 4.57 Å². The average Bonchev–Trinajstić information content (AvgIpc) is 2.96. The van der Waals surface area contributed by atoms with Crippen LogP contribution in [0.3, 0.4) is 0 Å². The fraction of sp³-hybridized carbons (Fsp3) is 0.583. The number of hydrogen-bond acceptors (Lipinski definition) is 8. The molecule has 0 unspecified atom stereocenters. The van der Waals surface area contributed by atoms with E-state index in [1.165, 1.54) is 13.4 Å². The Bertz CT molecular complexity index is 660. The Morgan fingerprint density at radius 1 is 1.38 bits per heavy atom. The molecule has 9 nitrogen and oxygen atoms in total. The highest BCUT2D eigenvalue weighted by atomic mass is 16.6. The highest BCUT2D eigenvalue weighted by Gasteiger charge is 2.44. The molecule has 1 fully saturated rings. The number of nitrogens with zero attached hydrogens (tertiary/aromatic N) is 4. The molecule has 2 aromatic heterocycles. The number of fused-ring (bicyclic) bond motifs is 1. The molecule has 2 aromatic rings. The Morgan fingerprint density at radius 2 is 2.14 bits per heavy atom. The molecule has 0 bridgehead atoms. The smallest absolute Gasteiger partial charge is 0.222 e. The van der Waals surface area contributed by atoms with Gasteiger partial charge in [0.05, 0.1) is 18.6 Å². The van der Waals surface area contributed by atoms with Gasteiger partial charge < -0.3 is 25.4 Å². The number of nitrogen functional groups attached to an aromatic ring is 1. The number of aliphatic hydroxyl groups is 2. The SMILES string of the molecule is COC[C@H]1O[C@@H](n2cnc3c(C)nc(N)nc32)[C@H](O)[C@@H]1O. The maximum Gasteiger partial charge on any atom is 0.222 e. The van der Waals surface area contributed by atoms with Crippen LogP contribution in [0.25, 0.3) is 11.2 Å². The van der Waals surface area contributed by atoms with E-state index in [0.717, 1.165) is 0 Å². The lowest BCUT2D eigenvalue weighted by atomic mass is 10.1. The fourth-order valence-electron chi connectivity index (χ4n) is 2.53. The molecule has 21 heavy (non-hydrogen) atoms. The van der Waals surface area contributed by atoms with Gasteiger partial charge in [0.25, 0.3) is 0 Å². The number of methoxy groups -OCH3 is 1. The summed E-state index contributed by atoms with van der Waals surface area (Å²) in [6, 6.07) is 0. The van der Waals surface area contributed by atoms with E-state index in [4.69, 9.17) is 15.2 Å². The summed E-state index contributed by atoms with van der Waals surface area (Å²) in [6.45, 7) is 1.95. The van der Waals surface area contributed by atoms with Crippen LogP contribution >= 0.6 is 0 Å². The molecule has 0 aliphatic carbocycles. The van der Waals surface area contributed by atoms with Crippen molar-refractivity contribution in [1.29, 1.82) is 0 Å². The van der Waals surface area contributed by atoms with Gasteiger partial charge in [-0.15, -0.1) is 0 Å². The molecule has 114 valence electrons. The minimum absolute atomic E-state index is 0.114. The normalized spacial score (nSPS) is 29.3. The second-order valence-corrected chi connectivity index (χ2v) is 4.99. The van der Waals surface area contributed by atoms with Gasteiger partial charge in [-0.1, -0.05) is 0 Å². The Kier molecular flexibility index (Phi) is 3.49. The highest BCUT2D eigenvalue weighted by molar-refractivity contribution is 5.74. The van der Waals surface area contributed by atoms with E-state index in [-0.39, 0.29) is 12.6 Å². The zero-order valence-corrected chi connectivity index (χ0v) is 11.7. The number of aliphatic hydroxyl groups excluding tert-OH is 2. The second-order valence-electron chi connectivity index (χ2n) is 4.99. The Labute approximate surface area is 120 Å². The first-order valence-corrected chi connectivity index (χ1v) is 6.50. The molecular weight excluding hydrogens is 278 g/mol. The lowest BCUT2D eigenvalue weighted by molar-refractivity contribution is -0.0580. The van der Waals surface area contributed by atoms with Crippen LogP contribution in [0.1, 0.15) is 11.9 Å². The molecule has 3 heterocycles. The summed E-state index contributed by atoms with van der Waals surface area (Å²) in [4.78, 5) is 12.4. The first kappa shape index (κ1) is 14.1. The molecule has 0 aromatic carbocycles. The van der Waals surface area contributed by atoms with E-state index in [2.05, 4.69) is 15.0 Å². The quantitative estimate of drug-likeness (QED) is 0.656. The van der Waals surface area contributed by atoms with Crippen molar-refractivity contribution < 1.29 is 19.7 Å². The second kappa shape index (κ2) is 5.19. The van der Waals surface area contributed by atoms with Gasteiger partial charge in [-0.05, 0) is 6.92 Å². The summed E-state index contributed by atoms with van der Waals surface area (Å²) < 4.78 is 12.2. The summed E-state index contributed by atoms with van der Waals surface area (Å²) in [5, 5.41) is 20.2. The molecule has 1 aliphatic rings. The number of rotatable bonds is 3. The van der Waals surface area contributed by atoms with Crippen LogP contribution in [0.5, 0.6) is 0 Å². The topological polar surface area (TPSA) is 129 Å². The lowest BCUT2D eigenvalue weighted by Gasteiger charge is -2.16. The van der Waals surface area contributed by atoms with Crippen LogP contribution in [0.4, 0.5) is 5.95 Å². The van der Waals surface area contributed by atoms with Crippen molar-refractivity contribution >= 4 is 17.1 Å². The molecule has 3 rings (SSSR count). The lowest BCUT2D eigenvalue weighted by Crippen LogP contribution is -2.33. The number of ether oxygens (including phenoxy) is 2. The number of aromatic nitrogens is 4. The van der Waals surface area contributed by atoms with E-state index < -0.39 is 24.5 Å². The van der Waals surface area contributed by atoms with Crippen LogP contribution < -0.4 is 5.73 Å². The van der Waals surface area contributed by atoms with E-state index in [9.17, 15) is 10.2 Å². The molecule has 1 saturated heterocycles. The predicted octanol–water partition coefficient (Wildman–Crippen LogP) is -1.02. The summed E-state index contributed by atoms with van der Waals surface area (Å²) in [5.41, 5.74) is 7.32. The molecule has 4 N–H and O–H groups in total. The van der Waals surface area contributed by atoms with Crippen LogP contribution in [0, 0.1) is 6.92 Å². The van der Waals surface area contributed by atoms with Gasteiger partial charge in [-0.25, -0.2) is 9.97 Å². The summed E-state index contributed by atoms with van der Waals surface area (Å²) in [6.07, 6.45) is -2.10. The summed E-state index contributed by atoms with van der Waals surface area (Å²) >= 11 is 0. The van der Waals surface area contributed by atoms with Crippen molar-refractivity contribution in [1.82, 2.24) is 19.5 Å². The summed E-state index contributed by atoms with van der Waals surface area (Å²) in [5.74, 6) is 0.114. The molecular formula is C12H17N5O4. The van der Waals surface area contributed by atoms with E-state index >= 15 is 0 Å². The standard InChI is InChI=1S/C12H17N5O4/c1-5-7-10(16-12(13)15-5)17(4-14-7)11-9(19)8(18)6(21-11)3-20-2/h4,6,8-9,11,18-19H,3H2,1-2H3,(H2,13,15,16)/t6-,8-,9-,11-/m1/s1. The molecule has 1 aliphatic heterocycles. The zero-order chi connectivity index (χ0) is 15.1. The molecule has 4 atom stereocenters. The molecule has 0 spiro atoms. The number of imidazole rings is 1. The zero-order valence-electron chi connectivity index (χ0n) is 11.7. The Hall–Kier alpha value is -1.81. The third kappa shape index (κ3) is 2.23. The Balaban J connectivity index is 2.01. The minimum Gasteiger partial charge on any atom is -0.387 e. The van der Waals surface area contributed by atoms with Gasteiger partial charge in [0.1, 0.15) is 23.8 Å². The van der Waals surface area contributed by atoms with Gasteiger partial charge in [0.2, 0.25) is 5.95 Å². The molecule has 0 radical (unpaired) electrons. The van der Waals surface area contributed by atoms with Crippen LogP contribution in [0.2, 0.25) is 0 Å². The molecule has 9 heteroatoms. The maximum absolute atomic E-state index is 10.2. The first-order valence-electron chi connectivity index (χ1n) is 6.50. The van der Waals surface area contributed by atoms with Crippen molar-refractivity contribution in [2.45, 2.75) is 31.5 Å². The van der Waals surface area contributed by atoms with Gasteiger partial charge in [-0.2, -0.15) is 4.98 Å². The van der Waals surface area contributed by atoms with E-state index in [1.807, 2.05) is 0 Å². The number of aryl methyl sites for hydroxylation is 1. The van der Waals surface area contributed by atoms with Crippen molar-refractivity contribution in [3.05, 3.63) is 12.0 Å².